The molecule has 3 heteroatoms. The van der Waals surface area contributed by atoms with Crippen LogP contribution in [0.3, 0.4) is 0 Å². The Labute approximate surface area is 57.6 Å². The number of nitrogens with two attached hydrogens (primary N) is 1. The average molecular weight is 177 g/mol. The van der Waals surface area contributed by atoms with Crippen LogP contribution in [0.25, 0.3) is 0 Å². The number of halogens is 1. The Kier molecular flexibility index (Phi) is 3.52. The van der Waals surface area contributed by atoms with Gasteiger partial charge in [0.2, 0.25) is 0 Å². The number of rotatable bonds is 1. The van der Waals surface area contributed by atoms with E-state index in [1.807, 2.05) is 13.8 Å². The van der Waals surface area contributed by atoms with Gasteiger partial charge < -0.3 is 5.73 Å². The monoisotopic (exact) mass is 176 g/mol. The molecule has 0 bridgehead atoms. The van der Waals surface area contributed by atoms with Gasteiger partial charge in [-0.05, 0) is 13.8 Å². The van der Waals surface area contributed by atoms with Gasteiger partial charge in [-0.1, -0.05) is 15.9 Å². The fourth-order valence-electron chi connectivity index (χ4n) is 0.228. The zero-order valence-electron chi connectivity index (χ0n) is 4.98. The van der Waals surface area contributed by atoms with E-state index in [0.717, 1.165) is 4.48 Å². The van der Waals surface area contributed by atoms with Crippen molar-refractivity contribution in [2.75, 3.05) is 0 Å². The minimum Gasteiger partial charge on any atom is -0.383 e. The molecule has 0 unspecified atom stereocenters. The van der Waals surface area contributed by atoms with E-state index < -0.39 is 0 Å². The number of nitrogens with zero attached hydrogens (tertiary/aromatic N) is 1. The van der Waals surface area contributed by atoms with E-state index in [9.17, 15) is 0 Å². The second-order valence-corrected chi connectivity index (χ2v) is 2.50. The first-order chi connectivity index (χ1) is 3.68. The predicted octanol–water partition coefficient (Wildman–Crippen LogP) is 1.62. The second kappa shape index (κ2) is 3.66. The van der Waals surface area contributed by atoms with E-state index in [-0.39, 0.29) is 0 Å². The molecule has 0 aromatic rings. The molecule has 0 atom stereocenters. The summed E-state index contributed by atoms with van der Waals surface area (Å²) in [5, 5.41) is 0. The van der Waals surface area contributed by atoms with Gasteiger partial charge in [-0.25, -0.2) is 4.99 Å². The number of allylic oxidation sites excluding steroid dienone is 1. The molecule has 2 N–H and O–H groups in total. The standard InChI is InChI=1S/C5H9BrN2/c1-3-8-5(7)4(2)6/h3H,7H2,1-2H3/b5-4+,8-3?. The smallest absolute Gasteiger partial charge is 0.132 e. The summed E-state index contributed by atoms with van der Waals surface area (Å²) in [6.07, 6.45) is 1.65. The van der Waals surface area contributed by atoms with Gasteiger partial charge in [0.25, 0.3) is 0 Å². The van der Waals surface area contributed by atoms with Crippen molar-refractivity contribution < 1.29 is 0 Å². The molecule has 0 aromatic heterocycles. The van der Waals surface area contributed by atoms with Crippen molar-refractivity contribution in [3.05, 3.63) is 10.3 Å². The Hall–Kier alpha value is -0.310. The van der Waals surface area contributed by atoms with E-state index in [0.29, 0.717) is 5.82 Å². The van der Waals surface area contributed by atoms with Gasteiger partial charge in [0.15, 0.2) is 0 Å². The largest absolute Gasteiger partial charge is 0.383 e. The summed E-state index contributed by atoms with van der Waals surface area (Å²) < 4.78 is 0.871. The molecule has 0 radical (unpaired) electrons. The van der Waals surface area contributed by atoms with Crippen molar-refractivity contribution in [3.8, 4) is 0 Å². The maximum Gasteiger partial charge on any atom is 0.132 e. The molecule has 0 fully saturated rings. The molecule has 0 saturated heterocycles. The van der Waals surface area contributed by atoms with Gasteiger partial charge in [0.1, 0.15) is 5.82 Å². The first-order valence-electron chi connectivity index (χ1n) is 2.29. The molecule has 0 rings (SSSR count). The van der Waals surface area contributed by atoms with Gasteiger partial charge in [-0.2, -0.15) is 0 Å². The number of aliphatic imine (C=N–C) groups is 1. The van der Waals surface area contributed by atoms with Gasteiger partial charge in [0, 0.05) is 10.7 Å². The SMILES string of the molecule is CC=N/C(N)=C(\C)Br. The molecular weight excluding hydrogens is 168 g/mol. The highest BCUT2D eigenvalue weighted by Crippen LogP contribution is 2.05. The Morgan fingerprint density at radius 2 is 2.25 bits per heavy atom. The number of hydrogen-bond donors (Lipinski definition) is 1. The van der Waals surface area contributed by atoms with Crippen LogP contribution in [0.15, 0.2) is 15.3 Å². The lowest BCUT2D eigenvalue weighted by Crippen LogP contribution is -1.93. The summed E-state index contributed by atoms with van der Waals surface area (Å²) >= 11 is 3.18. The fourth-order valence-corrected chi connectivity index (χ4v) is 0.330. The molecule has 0 amide bonds. The van der Waals surface area contributed by atoms with Crippen molar-refractivity contribution in [2.45, 2.75) is 13.8 Å². The Balaban J connectivity index is 4.00. The highest BCUT2D eigenvalue weighted by atomic mass is 79.9. The predicted molar refractivity (Wildman–Crippen MR) is 40.0 cm³/mol. The lowest BCUT2D eigenvalue weighted by Gasteiger charge is -1.89. The first-order valence-corrected chi connectivity index (χ1v) is 3.08. The summed E-state index contributed by atoms with van der Waals surface area (Å²) in [7, 11) is 0. The van der Waals surface area contributed by atoms with Crippen LogP contribution in [0.4, 0.5) is 0 Å². The Morgan fingerprint density at radius 1 is 1.75 bits per heavy atom. The summed E-state index contributed by atoms with van der Waals surface area (Å²) in [4.78, 5) is 3.81. The van der Waals surface area contributed by atoms with Gasteiger partial charge in [-0.3, -0.25) is 0 Å². The molecule has 0 aliphatic rings. The molecule has 0 saturated carbocycles. The molecule has 46 valence electrons. The van der Waals surface area contributed by atoms with Crippen LogP contribution in [-0.4, -0.2) is 6.21 Å². The lowest BCUT2D eigenvalue weighted by atomic mass is 10.6. The topological polar surface area (TPSA) is 38.4 Å². The maximum atomic E-state index is 5.36. The second-order valence-electron chi connectivity index (χ2n) is 1.31. The maximum absolute atomic E-state index is 5.36. The van der Waals surface area contributed by atoms with Crippen LogP contribution in [0.1, 0.15) is 13.8 Å². The van der Waals surface area contributed by atoms with Gasteiger partial charge in [0.05, 0.1) is 0 Å². The molecule has 0 aliphatic heterocycles. The molecular formula is C5H9BrN2. The molecule has 8 heavy (non-hydrogen) atoms. The normalized spacial score (nSPS) is 14.4. The zero-order chi connectivity index (χ0) is 6.57. The van der Waals surface area contributed by atoms with E-state index in [1.54, 1.807) is 6.21 Å². The van der Waals surface area contributed by atoms with Crippen molar-refractivity contribution >= 4 is 22.1 Å². The van der Waals surface area contributed by atoms with Crippen molar-refractivity contribution in [2.24, 2.45) is 10.7 Å². The Bertz CT molecular complexity index is 122. The molecule has 0 aliphatic carbocycles. The highest BCUT2D eigenvalue weighted by Gasteiger charge is 1.84. The quantitative estimate of drug-likeness (QED) is 0.607. The van der Waals surface area contributed by atoms with Crippen molar-refractivity contribution in [3.63, 3.8) is 0 Å². The fraction of sp³-hybridized carbons (Fsp3) is 0.400. The van der Waals surface area contributed by atoms with Crippen molar-refractivity contribution in [1.82, 2.24) is 0 Å². The minimum absolute atomic E-state index is 0.535. The van der Waals surface area contributed by atoms with Crippen LogP contribution in [-0.2, 0) is 0 Å². The Morgan fingerprint density at radius 3 is 2.38 bits per heavy atom. The third kappa shape index (κ3) is 2.80. The molecule has 0 aromatic carbocycles. The first kappa shape index (κ1) is 7.69. The van der Waals surface area contributed by atoms with Crippen LogP contribution in [0, 0.1) is 0 Å². The van der Waals surface area contributed by atoms with E-state index in [2.05, 4.69) is 20.9 Å². The zero-order valence-corrected chi connectivity index (χ0v) is 6.57. The van der Waals surface area contributed by atoms with Gasteiger partial charge >= 0.3 is 0 Å². The van der Waals surface area contributed by atoms with Crippen molar-refractivity contribution in [1.29, 1.82) is 0 Å². The average Bonchev–Trinajstić information content (AvgIpc) is 1.67. The third-order valence-corrected chi connectivity index (χ3v) is 1.03. The highest BCUT2D eigenvalue weighted by molar-refractivity contribution is 9.11. The van der Waals surface area contributed by atoms with E-state index in [4.69, 9.17) is 5.73 Å². The lowest BCUT2D eigenvalue weighted by molar-refractivity contribution is 1.22. The van der Waals surface area contributed by atoms with Crippen LogP contribution >= 0.6 is 15.9 Å². The molecule has 0 spiro atoms. The molecule has 2 nitrogen and oxygen atoms in total. The number of hydrogen-bond acceptors (Lipinski definition) is 2. The van der Waals surface area contributed by atoms with Crippen LogP contribution in [0.2, 0.25) is 0 Å². The minimum atomic E-state index is 0.535. The summed E-state index contributed by atoms with van der Waals surface area (Å²) in [5.74, 6) is 0.535. The van der Waals surface area contributed by atoms with E-state index >= 15 is 0 Å². The summed E-state index contributed by atoms with van der Waals surface area (Å²) in [6, 6.07) is 0. The van der Waals surface area contributed by atoms with E-state index in [1.165, 1.54) is 0 Å². The molecule has 0 heterocycles. The summed E-state index contributed by atoms with van der Waals surface area (Å²) in [5.41, 5.74) is 5.36. The summed E-state index contributed by atoms with van der Waals surface area (Å²) in [6.45, 7) is 3.67. The van der Waals surface area contributed by atoms with Crippen LogP contribution in [0.5, 0.6) is 0 Å². The van der Waals surface area contributed by atoms with Crippen LogP contribution < -0.4 is 5.73 Å². The van der Waals surface area contributed by atoms with Gasteiger partial charge in [-0.15, -0.1) is 0 Å². The third-order valence-electron chi connectivity index (χ3n) is 0.621.